The monoisotopic (exact) mass is 348 g/mol. The summed E-state index contributed by atoms with van der Waals surface area (Å²) in [6.45, 7) is 2.22. The van der Waals surface area contributed by atoms with Gasteiger partial charge in [0.15, 0.2) is 0 Å². The number of ether oxygens (including phenoxy) is 1. The standard InChI is InChI=1S/C18H18Cl2N2O/c1-12(22-2)15(10-21)13-5-3-6-14(9-13)23-11-16-17(19)7-4-8-18(16)20/h3-10,21-22H,11H2,1-2H3/b15-12+,21-10?. The third kappa shape index (κ3) is 4.27. The first-order valence-electron chi connectivity index (χ1n) is 7.12. The fourth-order valence-corrected chi connectivity index (χ4v) is 2.63. The predicted molar refractivity (Wildman–Crippen MR) is 97.7 cm³/mol. The molecule has 2 aromatic rings. The van der Waals surface area contributed by atoms with Crippen LogP contribution in [0, 0.1) is 5.41 Å². The number of hydrogen-bond acceptors (Lipinski definition) is 3. The maximum absolute atomic E-state index is 7.60. The first-order valence-corrected chi connectivity index (χ1v) is 7.87. The molecule has 120 valence electrons. The van der Waals surface area contributed by atoms with Crippen molar-refractivity contribution in [3.8, 4) is 5.75 Å². The van der Waals surface area contributed by atoms with Gasteiger partial charge < -0.3 is 15.5 Å². The van der Waals surface area contributed by atoms with Gasteiger partial charge >= 0.3 is 0 Å². The largest absolute Gasteiger partial charge is 0.489 e. The second-order valence-electron chi connectivity index (χ2n) is 4.95. The van der Waals surface area contributed by atoms with Crippen LogP contribution in [0.5, 0.6) is 5.75 Å². The maximum Gasteiger partial charge on any atom is 0.120 e. The van der Waals surface area contributed by atoms with E-state index in [0.29, 0.717) is 15.8 Å². The number of rotatable bonds is 6. The topological polar surface area (TPSA) is 45.1 Å². The van der Waals surface area contributed by atoms with Gasteiger partial charge in [-0.05, 0) is 36.8 Å². The highest BCUT2D eigenvalue weighted by atomic mass is 35.5. The van der Waals surface area contributed by atoms with Crippen molar-refractivity contribution in [1.29, 1.82) is 5.41 Å². The molecule has 0 atom stereocenters. The first kappa shape index (κ1) is 17.4. The molecule has 0 unspecified atom stereocenters. The average molecular weight is 349 g/mol. The van der Waals surface area contributed by atoms with Crippen molar-refractivity contribution in [3.63, 3.8) is 0 Å². The van der Waals surface area contributed by atoms with Crippen LogP contribution in [-0.2, 0) is 6.61 Å². The van der Waals surface area contributed by atoms with E-state index in [1.54, 1.807) is 18.2 Å². The van der Waals surface area contributed by atoms with Crippen LogP contribution in [-0.4, -0.2) is 13.3 Å². The Morgan fingerprint density at radius 3 is 2.43 bits per heavy atom. The molecule has 0 radical (unpaired) electrons. The Morgan fingerprint density at radius 1 is 1.17 bits per heavy atom. The second kappa shape index (κ2) is 8.04. The summed E-state index contributed by atoms with van der Waals surface area (Å²) in [6, 6.07) is 13.0. The Kier molecular flexibility index (Phi) is 6.08. The van der Waals surface area contributed by atoms with Crippen molar-refractivity contribution in [2.24, 2.45) is 0 Å². The van der Waals surface area contributed by atoms with Crippen molar-refractivity contribution in [2.45, 2.75) is 13.5 Å². The molecule has 0 amide bonds. The molecule has 3 nitrogen and oxygen atoms in total. The van der Waals surface area contributed by atoms with Gasteiger partial charge in [-0.3, -0.25) is 0 Å². The van der Waals surface area contributed by atoms with Crippen LogP contribution >= 0.6 is 23.2 Å². The molecule has 0 aliphatic carbocycles. The zero-order chi connectivity index (χ0) is 16.8. The number of nitrogens with one attached hydrogen (secondary N) is 2. The van der Waals surface area contributed by atoms with Crippen molar-refractivity contribution < 1.29 is 4.74 Å². The molecule has 0 aliphatic rings. The van der Waals surface area contributed by atoms with Gasteiger partial charge in [0.2, 0.25) is 0 Å². The molecule has 5 heteroatoms. The first-order chi connectivity index (χ1) is 11.1. The highest BCUT2D eigenvalue weighted by Gasteiger charge is 2.08. The van der Waals surface area contributed by atoms with Crippen LogP contribution < -0.4 is 10.1 Å². The summed E-state index contributed by atoms with van der Waals surface area (Å²) in [5.74, 6) is 0.696. The maximum atomic E-state index is 7.60. The van der Waals surface area contributed by atoms with E-state index in [2.05, 4.69) is 5.32 Å². The van der Waals surface area contributed by atoms with Crippen molar-refractivity contribution in [2.75, 3.05) is 7.05 Å². The minimum Gasteiger partial charge on any atom is -0.489 e. The van der Waals surface area contributed by atoms with Gasteiger partial charge in [-0.15, -0.1) is 0 Å². The summed E-state index contributed by atoms with van der Waals surface area (Å²) >= 11 is 12.3. The molecular weight excluding hydrogens is 331 g/mol. The minimum absolute atomic E-state index is 0.288. The summed E-state index contributed by atoms with van der Waals surface area (Å²) in [4.78, 5) is 0. The molecule has 23 heavy (non-hydrogen) atoms. The SMILES string of the molecule is CN/C(C)=C(\C=N)c1cccc(OCc2c(Cl)cccc2Cl)c1. The number of benzene rings is 2. The Labute approximate surface area is 146 Å². The van der Waals surface area contributed by atoms with E-state index in [1.165, 1.54) is 6.21 Å². The van der Waals surface area contributed by atoms with Gasteiger partial charge in [-0.1, -0.05) is 41.4 Å². The van der Waals surface area contributed by atoms with Gasteiger partial charge in [0.1, 0.15) is 12.4 Å². The van der Waals surface area contributed by atoms with Crippen molar-refractivity contribution >= 4 is 35.0 Å². The molecule has 0 saturated carbocycles. The van der Waals surface area contributed by atoms with Crippen LogP contribution in [0.3, 0.4) is 0 Å². The van der Waals surface area contributed by atoms with E-state index in [-0.39, 0.29) is 6.61 Å². The lowest BCUT2D eigenvalue weighted by Crippen LogP contribution is -2.06. The highest BCUT2D eigenvalue weighted by Crippen LogP contribution is 2.27. The normalized spacial score (nSPS) is 11.7. The van der Waals surface area contributed by atoms with Crippen LogP contribution in [0.15, 0.2) is 48.2 Å². The van der Waals surface area contributed by atoms with Crippen molar-refractivity contribution in [3.05, 3.63) is 69.3 Å². The van der Waals surface area contributed by atoms with Gasteiger partial charge in [0.05, 0.1) is 0 Å². The van der Waals surface area contributed by atoms with Crippen LogP contribution in [0.1, 0.15) is 18.1 Å². The second-order valence-corrected chi connectivity index (χ2v) is 5.76. The van der Waals surface area contributed by atoms with Crippen LogP contribution in [0.25, 0.3) is 5.57 Å². The van der Waals surface area contributed by atoms with Crippen molar-refractivity contribution in [1.82, 2.24) is 5.32 Å². The van der Waals surface area contributed by atoms with E-state index in [9.17, 15) is 0 Å². The molecule has 0 aliphatic heterocycles. The Morgan fingerprint density at radius 2 is 1.83 bits per heavy atom. The molecule has 0 spiro atoms. The zero-order valence-electron chi connectivity index (χ0n) is 13.0. The van der Waals surface area contributed by atoms with Gasteiger partial charge in [0, 0.05) is 40.1 Å². The molecule has 2 aromatic carbocycles. The van der Waals surface area contributed by atoms with Gasteiger partial charge in [-0.2, -0.15) is 0 Å². The molecule has 2 N–H and O–H groups in total. The summed E-state index contributed by atoms with van der Waals surface area (Å²) in [5.41, 5.74) is 3.41. The smallest absolute Gasteiger partial charge is 0.120 e. The van der Waals surface area contributed by atoms with Crippen LogP contribution in [0.4, 0.5) is 0 Å². The molecule has 2 rings (SSSR count). The van der Waals surface area contributed by atoms with Gasteiger partial charge in [-0.25, -0.2) is 0 Å². The molecule has 0 saturated heterocycles. The Hall–Kier alpha value is -1.97. The van der Waals surface area contributed by atoms with E-state index in [1.807, 2.05) is 38.2 Å². The van der Waals surface area contributed by atoms with E-state index < -0.39 is 0 Å². The predicted octanol–water partition coefficient (Wildman–Crippen LogP) is 5.17. The average Bonchev–Trinajstić information content (AvgIpc) is 2.55. The summed E-state index contributed by atoms with van der Waals surface area (Å²) in [7, 11) is 1.83. The summed E-state index contributed by atoms with van der Waals surface area (Å²) in [5, 5.41) is 11.8. The lowest BCUT2D eigenvalue weighted by atomic mass is 10.0. The van der Waals surface area contributed by atoms with E-state index in [0.717, 1.165) is 22.4 Å². The summed E-state index contributed by atoms with van der Waals surface area (Å²) < 4.78 is 5.82. The van der Waals surface area contributed by atoms with E-state index >= 15 is 0 Å². The van der Waals surface area contributed by atoms with Crippen LogP contribution in [0.2, 0.25) is 10.0 Å². The lowest BCUT2D eigenvalue weighted by molar-refractivity contribution is 0.306. The molecular formula is C18H18Cl2N2O. The lowest BCUT2D eigenvalue weighted by Gasteiger charge is -2.12. The fraction of sp³-hybridized carbons (Fsp3) is 0.167. The molecule has 0 heterocycles. The fourth-order valence-electron chi connectivity index (χ4n) is 2.12. The third-order valence-corrected chi connectivity index (χ3v) is 4.22. The quantitative estimate of drug-likeness (QED) is 0.707. The molecule has 0 fully saturated rings. The Balaban J connectivity index is 2.23. The minimum atomic E-state index is 0.288. The number of hydrogen-bond donors (Lipinski definition) is 2. The highest BCUT2D eigenvalue weighted by molar-refractivity contribution is 6.35. The van der Waals surface area contributed by atoms with E-state index in [4.69, 9.17) is 33.3 Å². The zero-order valence-corrected chi connectivity index (χ0v) is 14.5. The summed E-state index contributed by atoms with van der Waals surface area (Å²) in [6.07, 6.45) is 1.33. The molecule has 0 bridgehead atoms. The Bertz CT molecular complexity index is 721. The van der Waals surface area contributed by atoms with Gasteiger partial charge in [0.25, 0.3) is 0 Å². The number of allylic oxidation sites excluding steroid dienone is 2. The third-order valence-electron chi connectivity index (χ3n) is 3.51. The number of halogens is 2. The molecule has 0 aromatic heterocycles.